The molecule has 1 unspecified atom stereocenters. The van der Waals surface area contributed by atoms with Crippen LogP contribution >= 0.6 is 0 Å². The van der Waals surface area contributed by atoms with Crippen molar-refractivity contribution in [2.75, 3.05) is 6.61 Å². The van der Waals surface area contributed by atoms with E-state index in [0.717, 1.165) is 5.57 Å². The van der Waals surface area contributed by atoms with Crippen molar-refractivity contribution >= 4 is 11.9 Å². The van der Waals surface area contributed by atoms with Gasteiger partial charge in [0.15, 0.2) is 6.10 Å². The fourth-order valence-electron chi connectivity index (χ4n) is 7.15. The number of fused-ring (bicyclic) bond motifs is 3. The van der Waals surface area contributed by atoms with Crippen LogP contribution in [0, 0.1) is 28.6 Å². The molecule has 0 aromatic rings. The SMILES string of the molecule is CC(=O)O[C@@H]1[C@@H]2OC(=O)[C@]3(C)[C@H]1C[C@@]14C2=CO[C@@H](OCCC(C)(C)O)C1C[C@@H](O)[C@@H]34. The van der Waals surface area contributed by atoms with Gasteiger partial charge in [-0.25, -0.2) is 0 Å². The fourth-order valence-corrected chi connectivity index (χ4v) is 7.15. The Bertz CT molecular complexity index is 814. The molecule has 3 bridgehead atoms. The molecule has 3 saturated carbocycles. The van der Waals surface area contributed by atoms with Crippen LogP contribution in [0.1, 0.15) is 47.0 Å². The van der Waals surface area contributed by atoms with E-state index in [0.29, 0.717) is 25.9 Å². The van der Waals surface area contributed by atoms with Gasteiger partial charge in [0.1, 0.15) is 6.10 Å². The van der Waals surface area contributed by atoms with E-state index in [4.69, 9.17) is 18.9 Å². The molecule has 0 aromatic carbocycles. The summed E-state index contributed by atoms with van der Waals surface area (Å²) in [7, 11) is 0. The monoisotopic (exact) mass is 422 g/mol. The third-order valence-electron chi connectivity index (χ3n) is 8.24. The maximum Gasteiger partial charge on any atom is 0.313 e. The number of carbonyl (C=O) groups excluding carboxylic acids is 2. The minimum absolute atomic E-state index is 0.140. The maximum atomic E-state index is 13.1. The molecule has 8 nitrogen and oxygen atoms in total. The topological polar surface area (TPSA) is 112 Å². The van der Waals surface area contributed by atoms with Crippen LogP contribution in [0.25, 0.3) is 0 Å². The Morgan fingerprint density at radius 1 is 1.37 bits per heavy atom. The second-order valence-electron chi connectivity index (χ2n) is 10.4. The molecule has 2 heterocycles. The molecule has 8 heteroatoms. The predicted molar refractivity (Wildman–Crippen MR) is 102 cm³/mol. The van der Waals surface area contributed by atoms with E-state index in [-0.39, 0.29) is 23.7 Å². The van der Waals surface area contributed by atoms with Crippen LogP contribution in [-0.2, 0) is 28.5 Å². The van der Waals surface area contributed by atoms with Crippen molar-refractivity contribution in [2.24, 2.45) is 28.6 Å². The molecule has 3 aliphatic carbocycles. The fraction of sp³-hybridized carbons (Fsp3) is 0.818. The van der Waals surface area contributed by atoms with E-state index in [9.17, 15) is 19.8 Å². The Hall–Kier alpha value is -1.64. The number of esters is 2. The number of ether oxygens (including phenoxy) is 4. The highest BCUT2D eigenvalue weighted by atomic mass is 16.7. The molecule has 5 rings (SSSR count). The third kappa shape index (κ3) is 2.44. The zero-order valence-electron chi connectivity index (χ0n) is 17.8. The molecule has 4 fully saturated rings. The quantitative estimate of drug-likeness (QED) is 0.638. The first-order chi connectivity index (χ1) is 14.0. The number of hydrogen-bond donors (Lipinski definition) is 2. The summed E-state index contributed by atoms with van der Waals surface area (Å²) < 4.78 is 23.4. The molecule has 0 aromatic heterocycles. The number of aliphatic hydroxyl groups excluding tert-OH is 1. The lowest BCUT2D eigenvalue weighted by molar-refractivity contribution is -0.211. The van der Waals surface area contributed by atoms with E-state index >= 15 is 0 Å². The molecular formula is C22H30O8. The molecule has 0 amide bonds. The highest BCUT2D eigenvalue weighted by Crippen LogP contribution is 2.77. The maximum absolute atomic E-state index is 13.1. The Balaban J connectivity index is 1.54. The number of aliphatic hydroxyl groups is 2. The standard InChI is InChI=1S/C22H30O8/c1-10(23)29-15-12-8-22-11-7-14(24)17(22)21(12,4)19(25)30-16(15)13(22)9-28-18(11)27-6-5-20(2,3)26/h9,11-12,14-18,24,26H,5-8H2,1-4H3/t11?,12-,14+,15-,16+,17-,18+,21+,22-/m0/s1. The highest BCUT2D eigenvalue weighted by Gasteiger charge is 2.82. The second-order valence-corrected chi connectivity index (χ2v) is 10.4. The first-order valence-corrected chi connectivity index (χ1v) is 10.8. The average molecular weight is 422 g/mol. The summed E-state index contributed by atoms with van der Waals surface area (Å²) >= 11 is 0. The lowest BCUT2D eigenvalue weighted by atomic mass is 9.61. The smallest absolute Gasteiger partial charge is 0.313 e. The van der Waals surface area contributed by atoms with Gasteiger partial charge in [-0.3, -0.25) is 9.59 Å². The summed E-state index contributed by atoms with van der Waals surface area (Å²) in [4.78, 5) is 24.9. The van der Waals surface area contributed by atoms with Crippen molar-refractivity contribution < 1.29 is 38.7 Å². The molecule has 30 heavy (non-hydrogen) atoms. The van der Waals surface area contributed by atoms with Gasteiger partial charge in [-0.05, 0) is 40.0 Å². The summed E-state index contributed by atoms with van der Waals surface area (Å²) in [6.45, 7) is 6.97. The van der Waals surface area contributed by atoms with Crippen LogP contribution < -0.4 is 0 Å². The zero-order valence-corrected chi connectivity index (χ0v) is 17.8. The van der Waals surface area contributed by atoms with Gasteiger partial charge in [-0.1, -0.05) is 0 Å². The normalized spacial score (nSPS) is 48.0. The van der Waals surface area contributed by atoms with E-state index < -0.39 is 47.0 Å². The molecule has 9 atom stereocenters. The Kier molecular flexibility index (Phi) is 4.19. The summed E-state index contributed by atoms with van der Waals surface area (Å²) in [5.41, 5.74) is -1.47. The van der Waals surface area contributed by atoms with Gasteiger partial charge in [0.25, 0.3) is 0 Å². The lowest BCUT2D eigenvalue weighted by Gasteiger charge is -2.51. The van der Waals surface area contributed by atoms with Gasteiger partial charge in [0, 0.05) is 35.7 Å². The number of hydrogen-bond acceptors (Lipinski definition) is 8. The molecule has 2 aliphatic heterocycles. The van der Waals surface area contributed by atoms with Crippen LogP contribution in [0.4, 0.5) is 0 Å². The van der Waals surface area contributed by atoms with Crippen LogP contribution in [0.2, 0.25) is 0 Å². The average Bonchev–Trinajstić information content (AvgIpc) is 3.03. The van der Waals surface area contributed by atoms with Crippen molar-refractivity contribution in [3.05, 3.63) is 11.8 Å². The largest absolute Gasteiger partial charge is 0.472 e. The summed E-state index contributed by atoms with van der Waals surface area (Å²) in [5, 5.41) is 21.1. The predicted octanol–water partition coefficient (Wildman–Crippen LogP) is 1.28. The first kappa shape index (κ1) is 20.3. The summed E-state index contributed by atoms with van der Waals surface area (Å²) in [6, 6.07) is 0. The molecule has 5 aliphatic rings. The lowest BCUT2D eigenvalue weighted by Crippen LogP contribution is -2.58. The van der Waals surface area contributed by atoms with Crippen LogP contribution in [0.15, 0.2) is 11.8 Å². The van der Waals surface area contributed by atoms with Gasteiger partial charge in [-0.2, -0.15) is 0 Å². The van der Waals surface area contributed by atoms with Crippen molar-refractivity contribution in [1.29, 1.82) is 0 Å². The minimum Gasteiger partial charge on any atom is -0.472 e. The molecule has 1 saturated heterocycles. The van der Waals surface area contributed by atoms with Crippen molar-refractivity contribution in [2.45, 2.75) is 77.2 Å². The van der Waals surface area contributed by atoms with Crippen LogP contribution in [0.5, 0.6) is 0 Å². The second kappa shape index (κ2) is 6.20. The van der Waals surface area contributed by atoms with Gasteiger partial charge >= 0.3 is 11.9 Å². The van der Waals surface area contributed by atoms with Crippen molar-refractivity contribution in [3.8, 4) is 0 Å². The van der Waals surface area contributed by atoms with Gasteiger partial charge < -0.3 is 29.2 Å². The molecule has 2 N–H and O–H groups in total. The molecular weight excluding hydrogens is 392 g/mol. The highest BCUT2D eigenvalue weighted by molar-refractivity contribution is 5.82. The number of rotatable bonds is 5. The van der Waals surface area contributed by atoms with E-state index in [1.165, 1.54) is 6.92 Å². The molecule has 166 valence electrons. The third-order valence-corrected chi connectivity index (χ3v) is 8.24. The first-order valence-electron chi connectivity index (χ1n) is 10.8. The summed E-state index contributed by atoms with van der Waals surface area (Å²) in [6.07, 6.45) is 0.609. The minimum atomic E-state index is -0.935. The Morgan fingerprint density at radius 2 is 2.10 bits per heavy atom. The molecule has 0 radical (unpaired) electrons. The van der Waals surface area contributed by atoms with E-state index in [2.05, 4.69) is 0 Å². The van der Waals surface area contributed by atoms with E-state index in [1.54, 1.807) is 20.1 Å². The van der Waals surface area contributed by atoms with E-state index in [1.807, 2.05) is 6.92 Å². The van der Waals surface area contributed by atoms with Crippen LogP contribution in [0.3, 0.4) is 0 Å². The van der Waals surface area contributed by atoms with Gasteiger partial charge in [0.05, 0.1) is 30.0 Å². The number of carbonyl (C=O) groups is 2. The van der Waals surface area contributed by atoms with Crippen molar-refractivity contribution in [3.63, 3.8) is 0 Å². The summed E-state index contributed by atoms with van der Waals surface area (Å²) in [5.74, 6) is -1.45. The van der Waals surface area contributed by atoms with Crippen molar-refractivity contribution in [1.82, 2.24) is 0 Å². The van der Waals surface area contributed by atoms with Gasteiger partial charge in [0.2, 0.25) is 6.29 Å². The zero-order chi connectivity index (χ0) is 21.6. The Morgan fingerprint density at radius 3 is 2.77 bits per heavy atom. The Labute approximate surface area is 175 Å². The van der Waals surface area contributed by atoms with Gasteiger partial charge in [-0.15, -0.1) is 0 Å². The van der Waals surface area contributed by atoms with Crippen LogP contribution in [-0.4, -0.2) is 59.0 Å². The molecule has 1 spiro atoms.